The normalized spacial score (nSPS) is 18.6. The Labute approximate surface area is 128 Å². The number of likely N-dealkylation sites (tertiary alicyclic amines) is 1. The lowest BCUT2D eigenvalue weighted by molar-refractivity contribution is -0.145. The van der Waals surface area contributed by atoms with Crippen LogP contribution >= 0.6 is 0 Å². The van der Waals surface area contributed by atoms with Crippen LogP contribution in [0.3, 0.4) is 0 Å². The van der Waals surface area contributed by atoms with Crippen LogP contribution in [0, 0.1) is 12.8 Å². The number of nitrogens with one attached hydrogen (secondary N) is 1. The average molecular weight is 300 g/mol. The molecule has 1 aliphatic rings. The fourth-order valence-corrected chi connectivity index (χ4v) is 3.27. The topological polar surface area (TPSA) is 73.4 Å². The molecule has 116 valence electrons. The number of carboxylic acids is 1. The van der Waals surface area contributed by atoms with Crippen molar-refractivity contribution < 1.29 is 14.7 Å². The minimum absolute atomic E-state index is 0.00935. The molecule has 2 N–H and O–H groups in total. The highest BCUT2D eigenvalue weighted by atomic mass is 16.4. The molecule has 5 heteroatoms. The molecule has 0 radical (unpaired) electrons. The zero-order chi connectivity index (χ0) is 15.7. The largest absolute Gasteiger partial charge is 0.481 e. The molecular weight excluding hydrogens is 280 g/mol. The van der Waals surface area contributed by atoms with Crippen LogP contribution in [-0.4, -0.2) is 40.0 Å². The lowest BCUT2D eigenvalue weighted by Gasteiger charge is -2.30. The van der Waals surface area contributed by atoms with Gasteiger partial charge in [0.2, 0.25) is 5.91 Å². The number of carbonyl (C=O) groups excluding carboxylic acids is 1. The Hall–Kier alpha value is -2.30. The molecule has 5 nitrogen and oxygen atoms in total. The summed E-state index contributed by atoms with van der Waals surface area (Å²) in [7, 11) is 0. The predicted octanol–water partition coefficient (Wildman–Crippen LogP) is 2.34. The van der Waals surface area contributed by atoms with Crippen molar-refractivity contribution in [2.24, 2.45) is 5.92 Å². The molecule has 1 saturated heterocycles. The molecular formula is C17H20N2O3. The Morgan fingerprint density at radius 1 is 1.41 bits per heavy atom. The molecule has 1 amide bonds. The molecule has 1 aliphatic heterocycles. The molecule has 1 atom stereocenters. The highest BCUT2D eigenvalue weighted by Gasteiger charge is 2.28. The Bertz CT molecular complexity index is 720. The van der Waals surface area contributed by atoms with Crippen molar-refractivity contribution in [2.75, 3.05) is 13.1 Å². The Balaban J connectivity index is 1.77. The molecule has 1 fully saturated rings. The fraction of sp³-hybridized carbons (Fsp3) is 0.412. The number of hydrogen-bond acceptors (Lipinski definition) is 2. The number of fused-ring (bicyclic) bond motifs is 1. The van der Waals surface area contributed by atoms with Gasteiger partial charge in [0.1, 0.15) is 0 Å². The van der Waals surface area contributed by atoms with Gasteiger partial charge in [-0.25, -0.2) is 0 Å². The van der Waals surface area contributed by atoms with Crippen molar-refractivity contribution in [3.8, 4) is 0 Å². The second-order valence-electron chi connectivity index (χ2n) is 6.01. The zero-order valence-electron chi connectivity index (χ0n) is 12.6. The van der Waals surface area contributed by atoms with E-state index >= 15 is 0 Å². The van der Waals surface area contributed by atoms with Crippen LogP contribution < -0.4 is 0 Å². The first-order valence-electron chi connectivity index (χ1n) is 7.62. The Morgan fingerprint density at radius 2 is 2.23 bits per heavy atom. The van der Waals surface area contributed by atoms with Crippen LogP contribution in [0.15, 0.2) is 24.4 Å². The van der Waals surface area contributed by atoms with Crippen LogP contribution in [0.4, 0.5) is 0 Å². The summed E-state index contributed by atoms with van der Waals surface area (Å²) in [6, 6.07) is 6.02. The van der Waals surface area contributed by atoms with Gasteiger partial charge in [0.25, 0.3) is 0 Å². The number of carboxylic acid groups (broad SMARTS) is 1. The molecule has 3 rings (SSSR count). The van der Waals surface area contributed by atoms with E-state index in [1.807, 2.05) is 31.3 Å². The van der Waals surface area contributed by atoms with Gasteiger partial charge in [-0.05, 0) is 37.0 Å². The van der Waals surface area contributed by atoms with E-state index in [2.05, 4.69) is 4.98 Å². The third-order valence-corrected chi connectivity index (χ3v) is 4.46. The number of hydrogen-bond donors (Lipinski definition) is 2. The summed E-state index contributed by atoms with van der Waals surface area (Å²) in [6.07, 6.45) is 3.62. The number of piperidine rings is 1. The SMILES string of the molecule is Cc1cccc2[nH]cc(CC(=O)N3CCC[C@H](C(=O)O)C3)c12. The maximum absolute atomic E-state index is 12.5. The number of aromatic nitrogens is 1. The number of aromatic amines is 1. The molecule has 0 aliphatic carbocycles. The fourth-order valence-electron chi connectivity index (χ4n) is 3.27. The highest BCUT2D eigenvalue weighted by molar-refractivity contribution is 5.91. The third kappa shape index (κ3) is 2.71. The van der Waals surface area contributed by atoms with E-state index in [4.69, 9.17) is 5.11 Å². The lowest BCUT2D eigenvalue weighted by Crippen LogP contribution is -2.42. The summed E-state index contributed by atoms with van der Waals surface area (Å²) < 4.78 is 0. The first-order valence-corrected chi connectivity index (χ1v) is 7.62. The summed E-state index contributed by atoms with van der Waals surface area (Å²) >= 11 is 0. The molecule has 2 aromatic rings. The van der Waals surface area contributed by atoms with Crippen LogP contribution in [0.2, 0.25) is 0 Å². The number of amides is 1. The molecule has 22 heavy (non-hydrogen) atoms. The third-order valence-electron chi connectivity index (χ3n) is 4.46. The minimum Gasteiger partial charge on any atom is -0.481 e. The smallest absolute Gasteiger partial charge is 0.308 e. The van der Waals surface area contributed by atoms with E-state index in [0.717, 1.165) is 28.5 Å². The van der Waals surface area contributed by atoms with E-state index in [1.165, 1.54) is 0 Å². The van der Waals surface area contributed by atoms with Gasteiger partial charge in [-0.2, -0.15) is 0 Å². The van der Waals surface area contributed by atoms with Gasteiger partial charge in [-0.1, -0.05) is 12.1 Å². The van der Waals surface area contributed by atoms with E-state index in [-0.39, 0.29) is 5.91 Å². The summed E-state index contributed by atoms with van der Waals surface area (Å²) in [4.78, 5) is 28.5. The van der Waals surface area contributed by atoms with Crippen LogP contribution in [0.5, 0.6) is 0 Å². The monoisotopic (exact) mass is 300 g/mol. The zero-order valence-corrected chi connectivity index (χ0v) is 12.6. The molecule has 0 bridgehead atoms. The second-order valence-corrected chi connectivity index (χ2v) is 6.01. The maximum atomic E-state index is 12.5. The van der Waals surface area contributed by atoms with Crippen molar-refractivity contribution in [3.63, 3.8) is 0 Å². The van der Waals surface area contributed by atoms with Gasteiger partial charge in [0, 0.05) is 30.2 Å². The predicted molar refractivity (Wildman–Crippen MR) is 83.7 cm³/mol. The quantitative estimate of drug-likeness (QED) is 0.913. The maximum Gasteiger partial charge on any atom is 0.308 e. The van der Waals surface area contributed by atoms with Gasteiger partial charge in [0.15, 0.2) is 0 Å². The van der Waals surface area contributed by atoms with Crippen molar-refractivity contribution in [1.29, 1.82) is 0 Å². The summed E-state index contributed by atoms with van der Waals surface area (Å²) in [5.41, 5.74) is 3.16. The molecule has 1 aromatic heterocycles. The second kappa shape index (κ2) is 5.83. The minimum atomic E-state index is -0.805. The number of aryl methyl sites for hydroxylation is 1. The van der Waals surface area contributed by atoms with E-state index < -0.39 is 11.9 Å². The molecule has 2 heterocycles. The van der Waals surface area contributed by atoms with Crippen molar-refractivity contribution >= 4 is 22.8 Å². The van der Waals surface area contributed by atoms with E-state index in [9.17, 15) is 9.59 Å². The van der Waals surface area contributed by atoms with Gasteiger partial charge in [0.05, 0.1) is 12.3 Å². The molecule has 1 aromatic carbocycles. The van der Waals surface area contributed by atoms with Crippen LogP contribution in [-0.2, 0) is 16.0 Å². The first-order chi connectivity index (χ1) is 10.6. The lowest BCUT2D eigenvalue weighted by atomic mass is 9.97. The van der Waals surface area contributed by atoms with Gasteiger partial charge < -0.3 is 15.0 Å². The standard InChI is InChI=1S/C17H20N2O3/c1-11-4-2-6-14-16(11)13(9-18-14)8-15(20)19-7-3-5-12(10-19)17(21)22/h2,4,6,9,12,18H,3,5,7-8,10H2,1H3,(H,21,22)/t12-/m0/s1. The van der Waals surface area contributed by atoms with Crippen LogP contribution in [0.1, 0.15) is 24.0 Å². The summed E-state index contributed by atoms with van der Waals surface area (Å²) in [5.74, 6) is -1.22. The Morgan fingerprint density at radius 3 is 3.00 bits per heavy atom. The molecule has 0 unspecified atom stereocenters. The molecule has 0 spiro atoms. The highest BCUT2D eigenvalue weighted by Crippen LogP contribution is 2.24. The Kier molecular flexibility index (Phi) is 3.88. The van der Waals surface area contributed by atoms with Crippen LogP contribution in [0.25, 0.3) is 10.9 Å². The number of benzene rings is 1. The van der Waals surface area contributed by atoms with Crippen molar-refractivity contribution in [3.05, 3.63) is 35.5 Å². The van der Waals surface area contributed by atoms with E-state index in [0.29, 0.717) is 25.9 Å². The van der Waals surface area contributed by atoms with Gasteiger partial charge in [-0.3, -0.25) is 9.59 Å². The number of nitrogens with zero attached hydrogens (tertiary/aromatic N) is 1. The first kappa shape index (κ1) is 14.6. The number of aliphatic carboxylic acids is 1. The number of H-pyrrole nitrogens is 1. The molecule has 0 saturated carbocycles. The van der Waals surface area contributed by atoms with Gasteiger partial charge in [-0.15, -0.1) is 0 Å². The summed E-state index contributed by atoms with van der Waals surface area (Å²) in [5, 5.41) is 10.2. The number of carbonyl (C=O) groups is 2. The van der Waals surface area contributed by atoms with Crippen molar-refractivity contribution in [1.82, 2.24) is 9.88 Å². The summed E-state index contributed by atoms with van der Waals surface area (Å²) in [6.45, 7) is 3.02. The van der Waals surface area contributed by atoms with E-state index in [1.54, 1.807) is 4.90 Å². The average Bonchev–Trinajstić information content (AvgIpc) is 2.92. The number of rotatable bonds is 3. The van der Waals surface area contributed by atoms with Crippen molar-refractivity contribution in [2.45, 2.75) is 26.2 Å². The van der Waals surface area contributed by atoms with Gasteiger partial charge >= 0.3 is 5.97 Å².